The van der Waals surface area contributed by atoms with Gasteiger partial charge in [0.2, 0.25) is 15.9 Å². The van der Waals surface area contributed by atoms with Crippen molar-refractivity contribution in [1.29, 1.82) is 0 Å². The third-order valence-corrected chi connectivity index (χ3v) is 8.03. The summed E-state index contributed by atoms with van der Waals surface area (Å²) in [7, 11) is -3.59. The van der Waals surface area contributed by atoms with Gasteiger partial charge in [-0.3, -0.25) is 9.69 Å². The molecular weight excluding hydrogens is 444 g/mol. The van der Waals surface area contributed by atoms with Gasteiger partial charge in [-0.15, -0.1) is 0 Å². The summed E-state index contributed by atoms with van der Waals surface area (Å²) in [6.45, 7) is 10.7. The minimum Gasteiger partial charge on any atom is -0.351 e. The first-order chi connectivity index (χ1) is 15.0. The van der Waals surface area contributed by atoms with Crippen LogP contribution in [-0.2, 0) is 21.4 Å². The van der Waals surface area contributed by atoms with Gasteiger partial charge in [0, 0.05) is 44.5 Å². The maximum absolute atomic E-state index is 13.0. The number of nitrogens with one attached hydrogen (secondary N) is 1. The van der Waals surface area contributed by atoms with Crippen molar-refractivity contribution in [2.75, 3.05) is 26.2 Å². The fourth-order valence-electron chi connectivity index (χ4n) is 3.41. The molecule has 1 saturated heterocycles. The lowest BCUT2D eigenvalue weighted by Crippen LogP contribution is -2.48. The number of piperazine rings is 1. The number of sulfonamides is 1. The van der Waals surface area contributed by atoms with E-state index < -0.39 is 10.0 Å². The number of hydrogen-bond acceptors (Lipinski definition) is 6. The Morgan fingerprint density at radius 1 is 1.09 bits per heavy atom. The summed E-state index contributed by atoms with van der Waals surface area (Å²) in [5.41, 5.74) is 0.925. The predicted octanol–water partition coefficient (Wildman–Crippen LogP) is 2.98. The standard InChI is InChI=1S/C23H32N4O3S2/c1-18(22(28)25-23(2,3)4)31-21-11-10-20(16-24-21)32(29,30)27-14-12-26(13-15-27)17-19-8-6-5-7-9-19/h5-11,16,18H,12-15,17H2,1-4H3,(H,25,28). The summed E-state index contributed by atoms with van der Waals surface area (Å²) >= 11 is 1.31. The van der Waals surface area contributed by atoms with E-state index in [-0.39, 0.29) is 21.6 Å². The van der Waals surface area contributed by atoms with Crippen molar-refractivity contribution in [1.82, 2.24) is 19.5 Å². The maximum atomic E-state index is 13.0. The van der Waals surface area contributed by atoms with Crippen molar-refractivity contribution in [3.05, 3.63) is 54.2 Å². The lowest BCUT2D eigenvalue weighted by atomic mass is 10.1. The Morgan fingerprint density at radius 2 is 1.75 bits per heavy atom. The molecule has 1 aromatic heterocycles. The summed E-state index contributed by atoms with van der Waals surface area (Å²) in [5, 5.41) is 3.23. The van der Waals surface area contributed by atoms with E-state index in [1.54, 1.807) is 12.1 Å². The molecular formula is C23H32N4O3S2. The van der Waals surface area contributed by atoms with E-state index in [4.69, 9.17) is 0 Å². The molecule has 0 aliphatic carbocycles. The lowest BCUT2D eigenvalue weighted by Gasteiger charge is -2.33. The van der Waals surface area contributed by atoms with Crippen LogP contribution in [0.2, 0.25) is 0 Å². The van der Waals surface area contributed by atoms with Crippen LogP contribution in [0.3, 0.4) is 0 Å². The third-order valence-electron chi connectivity index (χ3n) is 5.09. The summed E-state index contributed by atoms with van der Waals surface area (Å²) in [5.74, 6) is -0.0747. The van der Waals surface area contributed by atoms with Crippen LogP contribution in [0.25, 0.3) is 0 Å². The fraction of sp³-hybridized carbons (Fsp3) is 0.478. The van der Waals surface area contributed by atoms with Gasteiger partial charge in [-0.25, -0.2) is 13.4 Å². The van der Waals surface area contributed by atoms with Crippen molar-refractivity contribution in [3.63, 3.8) is 0 Å². The first-order valence-corrected chi connectivity index (χ1v) is 13.1. The summed E-state index contributed by atoms with van der Waals surface area (Å²) in [6.07, 6.45) is 1.39. The van der Waals surface area contributed by atoms with Crippen LogP contribution < -0.4 is 5.32 Å². The number of carbonyl (C=O) groups excluding carboxylic acids is 1. The zero-order valence-corrected chi connectivity index (χ0v) is 20.7. The summed E-state index contributed by atoms with van der Waals surface area (Å²) in [4.78, 5) is 19.0. The fourth-order valence-corrected chi connectivity index (χ4v) is 5.57. The molecule has 1 unspecified atom stereocenters. The molecule has 2 heterocycles. The second-order valence-electron chi connectivity index (χ2n) is 9.00. The molecule has 0 bridgehead atoms. The molecule has 1 aromatic carbocycles. The van der Waals surface area contributed by atoms with Crippen molar-refractivity contribution < 1.29 is 13.2 Å². The van der Waals surface area contributed by atoms with E-state index >= 15 is 0 Å². The Balaban J connectivity index is 1.56. The second kappa shape index (κ2) is 10.3. The molecule has 0 saturated carbocycles. The molecule has 3 rings (SSSR count). The van der Waals surface area contributed by atoms with Crippen LogP contribution in [0.15, 0.2) is 58.6 Å². The van der Waals surface area contributed by atoms with Gasteiger partial charge in [0.05, 0.1) is 10.3 Å². The van der Waals surface area contributed by atoms with Crippen molar-refractivity contribution in [2.24, 2.45) is 0 Å². The molecule has 1 N–H and O–H groups in total. The zero-order chi connectivity index (χ0) is 23.4. The highest BCUT2D eigenvalue weighted by Gasteiger charge is 2.29. The predicted molar refractivity (Wildman–Crippen MR) is 128 cm³/mol. The van der Waals surface area contributed by atoms with Gasteiger partial charge in [-0.2, -0.15) is 4.31 Å². The number of nitrogens with zero attached hydrogens (tertiary/aromatic N) is 3. The van der Waals surface area contributed by atoms with Crippen LogP contribution in [0.5, 0.6) is 0 Å². The van der Waals surface area contributed by atoms with Crippen LogP contribution >= 0.6 is 11.8 Å². The van der Waals surface area contributed by atoms with E-state index in [9.17, 15) is 13.2 Å². The monoisotopic (exact) mass is 476 g/mol. The minimum atomic E-state index is -3.59. The minimum absolute atomic E-state index is 0.0747. The van der Waals surface area contributed by atoms with E-state index in [1.165, 1.54) is 27.8 Å². The number of benzene rings is 1. The quantitative estimate of drug-likeness (QED) is 0.619. The topological polar surface area (TPSA) is 82.6 Å². The normalized spacial score (nSPS) is 17.1. The molecule has 1 amide bonds. The van der Waals surface area contributed by atoms with E-state index in [0.717, 1.165) is 6.54 Å². The van der Waals surface area contributed by atoms with Crippen LogP contribution in [0.4, 0.5) is 0 Å². The Kier molecular flexibility index (Phi) is 7.97. The van der Waals surface area contributed by atoms with E-state index in [1.807, 2.05) is 45.9 Å². The van der Waals surface area contributed by atoms with Gasteiger partial charge in [-0.05, 0) is 45.4 Å². The van der Waals surface area contributed by atoms with Crippen molar-refractivity contribution in [2.45, 2.75) is 55.0 Å². The first-order valence-electron chi connectivity index (χ1n) is 10.8. The number of carbonyl (C=O) groups is 1. The number of thioether (sulfide) groups is 1. The largest absolute Gasteiger partial charge is 0.351 e. The molecule has 9 heteroatoms. The molecule has 7 nitrogen and oxygen atoms in total. The first kappa shape index (κ1) is 24.7. The number of aromatic nitrogens is 1. The maximum Gasteiger partial charge on any atom is 0.244 e. The highest BCUT2D eigenvalue weighted by Crippen LogP contribution is 2.24. The Labute approximate surface area is 195 Å². The average molecular weight is 477 g/mol. The van der Waals surface area contributed by atoms with Gasteiger partial charge in [0.25, 0.3) is 0 Å². The molecule has 1 fully saturated rings. The lowest BCUT2D eigenvalue weighted by molar-refractivity contribution is -0.121. The van der Waals surface area contributed by atoms with Gasteiger partial charge >= 0.3 is 0 Å². The molecule has 1 aliphatic rings. The number of rotatable bonds is 7. The molecule has 1 aliphatic heterocycles. The van der Waals surface area contributed by atoms with Crippen LogP contribution in [0, 0.1) is 0 Å². The Bertz CT molecular complexity index is 998. The number of hydrogen-bond donors (Lipinski definition) is 1. The van der Waals surface area contributed by atoms with Crippen molar-refractivity contribution >= 4 is 27.7 Å². The van der Waals surface area contributed by atoms with Gasteiger partial charge in [-0.1, -0.05) is 42.1 Å². The molecule has 0 radical (unpaired) electrons. The van der Waals surface area contributed by atoms with Gasteiger partial charge in [0.1, 0.15) is 4.90 Å². The molecule has 1 atom stereocenters. The molecule has 0 spiro atoms. The van der Waals surface area contributed by atoms with Gasteiger partial charge in [0.15, 0.2) is 0 Å². The van der Waals surface area contributed by atoms with Gasteiger partial charge < -0.3 is 5.32 Å². The molecule has 2 aromatic rings. The second-order valence-corrected chi connectivity index (χ2v) is 12.3. The van der Waals surface area contributed by atoms with Crippen molar-refractivity contribution in [3.8, 4) is 0 Å². The SMILES string of the molecule is CC(Sc1ccc(S(=O)(=O)N2CCN(Cc3ccccc3)CC2)cn1)C(=O)NC(C)(C)C. The van der Waals surface area contributed by atoms with E-state index in [0.29, 0.717) is 31.2 Å². The smallest absolute Gasteiger partial charge is 0.244 e. The van der Waals surface area contributed by atoms with Crippen LogP contribution in [-0.4, -0.2) is 65.5 Å². The average Bonchev–Trinajstić information content (AvgIpc) is 2.74. The summed E-state index contributed by atoms with van der Waals surface area (Å²) in [6, 6.07) is 13.4. The van der Waals surface area contributed by atoms with E-state index in [2.05, 4.69) is 27.3 Å². The number of pyridine rings is 1. The third kappa shape index (κ3) is 6.78. The summed E-state index contributed by atoms with van der Waals surface area (Å²) < 4.78 is 27.6. The Hall–Kier alpha value is -1.94. The molecule has 174 valence electrons. The number of amides is 1. The Morgan fingerprint density at radius 3 is 2.31 bits per heavy atom. The molecule has 32 heavy (non-hydrogen) atoms. The highest BCUT2D eigenvalue weighted by atomic mass is 32.2. The zero-order valence-electron chi connectivity index (χ0n) is 19.1. The van der Waals surface area contributed by atoms with Crippen LogP contribution in [0.1, 0.15) is 33.3 Å². The highest BCUT2D eigenvalue weighted by molar-refractivity contribution is 8.00.